The smallest absolute Gasteiger partial charge is 0.106 e. The Morgan fingerprint density at radius 1 is 1.61 bits per heavy atom. The fraction of sp³-hybridized carbons (Fsp3) is 0.462. The van der Waals surface area contributed by atoms with E-state index in [0.717, 1.165) is 37.2 Å². The van der Waals surface area contributed by atoms with E-state index in [1.165, 1.54) is 0 Å². The first-order valence-corrected chi connectivity index (χ1v) is 6.76. The zero-order chi connectivity index (χ0) is 13.2. The lowest BCUT2D eigenvalue weighted by Crippen LogP contribution is -2.33. The number of hydrogen-bond donors (Lipinski definition) is 2. The minimum Gasteiger partial charge on any atom is -0.389 e. The predicted molar refractivity (Wildman–Crippen MR) is 79.4 cm³/mol. The summed E-state index contributed by atoms with van der Waals surface area (Å²) in [5.41, 5.74) is 7.28. The van der Waals surface area contributed by atoms with Crippen LogP contribution in [0.1, 0.15) is 25.3 Å². The standard InChI is InChI=1S/C13H17ClN2OS/c1-13(5-2-6-17-13)8-16-11-4-3-9(14)7-10(11)12(15)18/h3-4,7,16H,2,5-6,8H2,1H3,(H2,15,18). The zero-order valence-corrected chi connectivity index (χ0v) is 11.9. The molecule has 0 spiro atoms. The largest absolute Gasteiger partial charge is 0.389 e. The van der Waals surface area contributed by atoms with E-state index < -0.39 is 0 Å². The van der Waals surface area contributed by atoms with Crippen molar-refractivity contribution < 1.29 is 4.74 Å². The Hall–Kier alpha value is -0.840. The summed E-state index contributed by atoms with van der Waals surface area (Å²) >= 11 is 11.0. The molecule has 1 heterocycles. The molecule has 1 aromatic rings. The highest BCUT2D eigenvalue weighted by atomic mass is 35.5. The topological polar surface area (TPSA) is 47.3 Å². The lowest BCUT2D eigenvalue weighted by Gasteiger charge is -2.24. The van der Waals surface area contributed by atoms with Gasteiger partial charge in [-0.15, -0.1) is 0 Å². The summed E-state index contributed by atoms with van der Waals surface area (Å²) in [7, 11) is 0. The van der Waals surface area contributed by atoms with Crippen molar-refractivity contribution in [2.45, 2.75) is 25.4 Å². The zero-order valence-electron chi connectivity index (χ0n) is 10.3. The third-order valence-electron chi connectivity index (χ3n) is 3.20. The molecule has 0 saturated carbocycles. The van der Waals surface area contributed by atoms with E-state index in [9.17, 15) is 0 Å². The van der Waals surface area contributed by atoms with Crippen LogP contribution in [0.25, 0.3) is 0 Å². The van der Waals surface area contributed by atoms with Gasteiger partial charge in [-0.25, -0.2) is 0 Å². The minimum absolute atomic E-state index is 0.104. The first kappa shape index (κ1) is 13.6. The molecule has 1 unspecified atom stereocenters. The molecule has 0 aromatic heterocycles. The summed E-state index contributed by atoms with van der Waals surface area (Å²) in [6.45, 7) is 3.69. The second-order valence-corrected chi connectivity index (χ2v) is 5.69. The molecule has 18 heavy (non-hydrogen) atoms. The molecule has 1 aliphatic heterocycles. The molecule has 0 radical (unpaired) electrons. The molecule has 2 rings (SSSR count). The van der Waals surface area contributed by atoms with Gasteiger partial charge in [0.25, 0.3) is 0 Å². The maximum absolute atomic E-state index is 5.95. The lowest BCUT2D eigenvalue weighted by molar-refractivity contribution is 0.0315. The number of rotatable bonds is 4. The number of thiocarbonyl (C=S) groups is 1. The molecule has 0 aliphatic carbocycles. The van der Waals surface area contributed by atoms with E-state index in [-0.39, 0.29) is 5.60 Å². The average Bonchev–Trinajstić information content (AvgIpc) is 2.75. The molecule has 1 aromatic carbocycles. The first-order chi connectivity index (χ1) is 8.50. The van der Waals surface area contributed by atoms with Gasteiger partial charge in [-0.3, -0.25) is 0 Å². The molecular weight excluding hydrogens is 268 g/mol. The maximum Gasteiger partial charge on any atom is 0.106 e. The summed E-state index contributed by atoms with van der Waals surface area (Å²) in [4.78, 5) is 0.345. The Morgan fingerprint density at radius 2 is 2.39 bits per heavy atom. The molecule has 3 nitrogen and oxygen atoms in total. The lowest BCUT2D eigenvalue weighted by atomic mass is 10.0. The Morgan fingerprint density at radius 3 is 3.00 bits per heavy atom. The van der Waals surface area contributed by atoms with Crippen LogP contribution in [-0.2, 0) is 4.74 Å². The van der Waals surface area contributed by atoms with Gasteiger partial charge in [-0.2, -0.15) is 0 Å². The quantitative estimate of drug-likeness (QED) is 0.835. The molecule has 0 bridgehead atoms. The molecule has 1 aliphatic rings. The van der Waals surface area contributed by atoms with Crippen molar-refractivity contribution in [1.29, 1.82) is 0 Å². The molecule has 1 fully saturated rings. The van der Waals surface area contributed by atoms with Gasteiger partial charge in [0.2, 0.25) is 0 Å². The van der Waals surface area contributed by atoms with Crippen molar-refractivity contribution in [2.75, 3.05) is 18.5 Å². The Labute approximate surface area is 118 Å². The summed E-state index contributed by atoms with van der Waals surface area (Å²) in [6.07, 6.45) is 2.18. The second-order valence-electron chi connectivity index (χ2n) is 4.81. The van der Waals surface area contributed by atoms with Gasteiger partial charge in [0.05, 0.1) is 5.60 Å². The van der Waals surface area contributed by atoms with E-state index >= 15 is 0 Å². The number of anilines is 1. The highest BCUT2D eigenvalue weighted by Gasteiger charge is 2.29. The monoisotopic (exact) mass is 284 g/mol. The average molecular weight is 285 g/mol. The number of nitrogens with one attached hydrogen (secondary N) is 1. The summed E-state index contributed by atoms with van der Waals surface area (Å²) < 4.78 is 5.73. The van der Waals surface area contributed by atoms with Crippen LogP contribution in [0.3, 0.4) is 0 Å². The third kappa shape index (κ3) is 3.13. The van der Waals surface area contributed by atoms with Gasteiger partial charge in [-0.1, -0.05) is 23.8 Å². The van der Waals surface area contributed by atoms with Crippen LogP contribution in [0.4, 0.5) is 5.69 Å². The highest BCUT2D eigenvalue weighted by Crippen LogP contribution is 2.27. The molecule has 0 amide bonds. The number of ether oxygens (including phenoxy) is 1. The number of benzene rings is 1. The van der Waals surface area contributed by atoms with Crippen LogP contribution < -0.4 is 11.1 Å². The van der Waals surface area contributed by atoms with E-state index in [4.69, 9.17) is 34.3 Å². The van der Waals surface area contributed by atoms with Gasteiger partial charge in [0.15, 0.2) is 0 Å². The van der Waals surface area contributed by atoms with Crippen molar-refractivity contribution in [3.05, 3.63) is 28.8 Å². The minimum atomic E-state index is -0.104. The van der Waals surface area contributed by atoms with Gasteiger partial charge < -0.3 is 15.8 Å². The van der Waals surface area contributed by atoms with Crippen molar-refractivity contribution in [3.8, 4) is 0 Å². The van der Waals surface area contributed by atoms with Crippen LogP contribution in [0, 0.1) is 0 Å². The Balaban J connectivity index is 2.11. The van der Waals surface area contributed by atoms with Gasteiger partial charge in [0, 0.05) is 29.4 Å². The fourth-order valence-electron chi connectivity index (χ4n) is 2.13. The van der Waals surface area contributed by atoms with Crippen LogP contribution in [0.15, 0.2) is 18.2 Å². The van der Waals surface area contributed by atoms with Gasteiger partial charge >= 0.3 is 0 Å². The highest BCUT2D eigenvalue weighted by molar-refractivity contribution is 7.80. The maximum atomic E-state index is 5.95. The second kappa shape index (κ2) is 5.43. The molecule has 5 heteroatoms. The number of nitrogens with two attached hydrogens (primary N) is 1. The SMILES string of the molecule is CC1(CNc2ccc(Cl)cc2C(N)=S)CCCO1. The Kier molecular flexibility index (Phi) is 4.10. The summed E-state index contributed by atoms with van der Waals surface area (Å²) in [6, 6.07) is 5.50. The van der Waals surface area contributed by atoms with Crippen LogP contribution in [0.2, 0.25) is 5.02 Å². The van der Waals surface area contributed by atoms with Gasteiger partial charge in [0.1, 0.15) is 4.99 Å². The summed E-state index contributed by atoms with van der Waals surface area (Å²) in [5.74, 6) is 0. The number of hydrogen-bond acceptors (Lipinski definition) is 3. The number of halogens is 1. The van der Waals surface area contributed by atoms with E-state index in [1.54, 1.807) is 6.07 Å². The molecular formula is C13H17ClN2OS. The van der Waals surface area contributed by atoms with Crippen molar-refractivity contribution >= 4 is 34.5 Å². The fourth-order valence-corrected chi connectivity index (χ4v) is 2.47. The molecule has 98 valence electrons. The normalized spacial score (nSPS) is 23.0. The molecule has 1 atom stereocenters. The van der Waals surface area contributed by atoms with Crippen molar-refractivity contribution in [2.24, 2.45) is 5.73 Å². The Bertz CT molecular complexity index is 458. The van der Waals surface area contributed by atoms with Gasteiger partial charge in [-0.05, 0) is 38.0 Å². The van der Waals surface area contributed by atoms with Crippen LogP contribution in [-0.4, -0.2) is 23.7 Å². The summed E-state index contributed by atoms with van der Waals surface area (Å²) in [5, 5.41) is 3.98. The van der Waals surface area contributed by atoms with Crippen molar-refractivity contribution in [1.82, 2.24) is 0 Å². The first-order valence-electron chi connectivity index (χ1n) is 5.97. The van der Waals surface area contributed by atoms with E-state index in [0.29, 0.717) is 10.0 Å². The third-order valence-corrected chi connectivity index (χ3v) is 3.66. The molecule has 3 N–H and O–H groups in total. The predicted octanol–water partition coefficient (Wildman–Crippen LogP) is 2.96. The van der Waals surface area contributed by atoms with E-state index in [1.807, 2.05) is 12.1 Å². The van der Waals surface area contributed by atoms with E-state index in [2.05, 4.69) is 12.2 Å². The van der Waals surface area contributed by atoms with Crippen molar-refractivity contribution in [3.63, 3.8) is 0 Å². The van der Waals surface area contributed by atoms with Crippen LogP contribution >= 0.6 is 23.8 Å². The van der Waals surface area contributed by atoms with Crippen LogP contribution in [0.5, 0.6) is 0 Å². The molecule has 1 saturated heterocycles.